The van der Waals surface area contributed by atoms with E-state index in [1.165, 1.54) is 24.0 Å². The van der Waals surface area contributed by atoms with Crippen molar-refractivity contribution >= 4 is 62.9 Å². The minimum absolute atomic E-state index is 0.0264. The third-order valence-electron chi connectivity index (χ3n) is 10.0. The van der Waals surface area contributed by atoms with Gasteiger partial charge in [-0.15, -0.1) is 23.4 Å². The lowest BCUT2D eigenvalue weighted by molar-refractivity contribution is -0.188. The van der Waals surface area contributed by atoms with Crippen LogP contribution in [-0.4, -0.2) is 119 Å². The Kier molecular flexibility index (Phi) is 6.88. The number of fused-ring (bicyclic) bond motifs is 2. The number of carbonyl (C=O) groups excluding carboxylic acids is 4. The van der Waals surface area contributed by atoms with Crippen LogP contribution >= 0.6 is 23.4 Å². The van der Waals surface area contributed by atoms with E-state index in [9.17, 15) is 42.6 Å². The van der Waals surface area contributed by atoms with Gasteiger partial charge in [-0.3, -0.25) is 19.7 Å². The number of hydrogen-bond acceptors (Lipinski definition) is 11. The molecule has 5 saturated heterocycles. The summed E-state index contributed by atoms with van der Waals surface area (Å²) in [6, 6.07) is 2.64. The van der Waals surface area contributed by atoms with Crippen LogP contribution in [0.25, 0.3) is 0 Å². The van der Waals surface area contributed by atoms with Gasteiger partial charge in [0.15, 0.2) is 21.4 Å². The molecule has 0 radical (unpaired) electrons. The number of nitrogens with one attached hydrogen (secondary N) is 1. The molecule has 1 aromatic rings. The average molecular weight is 685 g/mol. The Morgan fingerprint density at radius 3 is 2.24 bits per heavy atom. The number of esters is 1. The van der Waals surface area contributed by atoms with E-state index in [4.69, 9.17) is 16.3 Å². The van der Waals surface area contributed by atoms with Crippen molar-refractivity contribution < 1.29 is 47.3 Å². The lowest BCUT2D eigenvalue weighted by Gasteiger charge is -2.53. The number of ether oxygens (including phenoxy) is 1. The first kappa shape index (κ1) is 31.9. The number of phenolic OH excluding ortho intramolecular Hbond substituents is 1. The first-order valence-electron chi connectivity index (χ1n) is 14.2. The molecule has 5 aliphatic rings. The van der Waals surface area contributed by atoms with Crippen molar-refractivity contribution in [3.05, 3.63) is 29.8 Å². The van der Waals surface area contributed by atoms with Crippen LogP contribution in [0.3, 0.4) is 0 Å². The minimum Gasteiger partial charge on any atom is -0.508 e. The number of nitrogens with zero attached hydrogens (tertiary/aromatic N) is 3. The average Bonchev–Trinajstić information content (AvgIpc) is 3.38. The maximum absolute atomic E-state index is 13.9. The van der Waals surface area contributed by atoms with Crippen molar-refractivity contribution in [1.82, 2.24) is 20.0 Å². The van der Waals surface area contributed by atoms with Crippen LogP contribution in [0.4, 0.5) is 0 Å². The van der Waals surface area contributed by atoms with Crippen LogP contribution in [0.5, 0.6) is 5.75 Å². The molecule has 0 aliphatic carbocycles. The smallest absolute Gasteiger partial charge is 0.334 e. The van der Waals surface area contributed by atoms with Gasteiger partial charge in [0.2, 0.25) is 11.8 Å². The number of halogens is 1. The number of carboxylic acid groups (broad SMARTS) is 1. The topological polar surface area (TPSA) is 191 Å². The number of phenols is 1. The number of rotatable bonds is 7. The molecule has 0 aromatic heterocycles. The summed E-state index contributed by atoms with van der Waals surface area (Å²) in [5.41, 5.74) is -2.53. The number of aliphatic carboxylic acids is 1. The number of carboxylic acids is 1. The van der Waals surface area contributed by atoms with Crippen LogP contribution in [-0.2, 0) is 38.5 Å². The number of aromatic hydroxyl groups is 1. The Bertz CT molecular complexity index is 1650. The van der Waals surface area contributed by atoms with Crippen molar-refractivity contribution in [2.24, 2.45) is 0 Å². The molecule has 3 N–H and O–H groups in total. The molecule has 0 saturated carbocycles. The molecule has 1 aromatic carbocycles. The van der Waals surface area contributed by atoms with E-state index >= 15 is 0 Å². The van der Waals surface area contributed by atoms with E-state index < -0.39 is 102 Å². The lowest BCUT2D eigenvalue weighted by atomic mass is 9.81. The van der Waals surface area contributed by atoms with Crippen molar-refractivity contribution in [2.45, 2.75) is 90.6 Å². The molecule has 0 spiro atoms. The summed E-state index contributed by atoms with van der Waals surface area (Å²) < 4.78 is 28.7. The fraction of sp³-hybridized carbons (Fsp3) is 0.607. The normalized spacial score (nSPS) is 37.2. The summed E-state index contributed by atoms with van der Waals surface area (Å²) in [4.78, 5) is 70.2. The number of benzene rings is 1. The van der Waals surface area contributed by atoms with E-state index in [0.717, 1.165) is 21.6 Å². The molecule has 3 amide bonds. The Hall–Kier alpha value is -3.08. The van der Waals surface area contributed by atoms with Crippen LogP contribution in [0.1, 0.15) is 52.6 Å². The number of carbonyl (C=O) groups is 5. The first-order valence-corrected chi connectivity index (χ1v) is 17.2. The molecule has 2 unspecified atom stereocenters. The molecule has 5 fully saturated rings. The van der Waals surface area contributed by atoms with E-state index in [2.05, 4.69) is 5.32 Å². The highest BCUT2D eigenvalue weighted by atomic mass is 35.5. The summed E-state index contributed by atoms with van der Waals surface area (Å²) in [6.07, 6.45) is -0.291. The van der Waals surface area contributed by atoms with Gasteiger partial charge in [-0.1, -0.05) is 12.1 Å². The van der Waals surface area contributed by atoms with Crippen LogP contribution < -0.4 is 5.32 Å². The molecule has 0 bridgehead atoms. The minimum atomic E-state index is -4.04. The molecule has 7 atom stereocenters. The maximum atomic E-state index is 13.9. The summed E-state index contributed by atoms with van der Waals surface area (Å²) >= 11 is 7.20. The van der Waals surface area contributed by atoms with Gasteiger partial charge in [0.1, 0.15) is 39.9 Å². The number of alkyl halides is 1. The number of hydrogen-bond donors (Lipinski definition) is 3. The van der Waals surface area contributed by atoms with Gasteiger partial charge < -0.3 is 29.6 Å². The number of amides is 3. The van der Waals surface area contributed by atoms with Crippen molar-refractivity contribution in [1.29, 1.82) is 0 Å². The first-order chi connectivity index (χ1) is 20.8. The highest BCUT2D eigenvalue weighted by Crippen LogP contribution is 2.59. The van der Waals surface area contributed by atoms with Crippen molar-refractivity contribution in [3.63, 3.8) is 0 Å². The highest BCUT2D eigenvalue weighted by molar-refractivity contribution is 8.01. The molecule has 244 valence electrons. The number of β-lactam (4-membered cyclic amide) rings is 2. The summed E-state index contributed by atoms with van der Waals surface area (Å²) in [6.45, 7) is 7.06. The van der Waals surface area contributed by atoms with Gasteiger partial charge in [-0.25, -0.2) is 18.0 Å². The molecule has 5 heterocycles. The van der Waals surface area contributed by atoms with Crippen LogP contribution in [0.15, 0.2) is 24.3 Å². The van der Waals surface area contributed by atoms with Gasteiger partial charge in [-0.05, 0) is 52.3 Å². The van der Waals surface area contributed by atoms with Crippen LogP contribution in [0.2, 0.25) is 0 Å². The molecule has 45 heavy (non-hydrogen) atoms. The predicted molar refractivity (Wildman–Crippen MR) is 159 cm³/mol. The summed E-state index contributed by atoms with van der Waals surface area (Å²) in [5.74, 6) is -4.69. The second-order valence-corrected chi connectivity index (χ2v) is 17.8. The predicted octanol–water partition coefficient (Wildman–Crippen LogP) is 0.383. The molecular weight excluding hydrogens is 652 g/mol. The Balaban J connectivity index is 1.28. The quantitative estimate of drug-likeness (QED) is 0.204. The van der Waals surface area contributed by atoms with Gasteiger partial charge in [0, 0.05) is 5.88 Å². The van der Waals surface area contributed by atoms with E-state index in [-0.39, 0.29) is 12.2 Å². The van der Waals surface area contributed by atoms with E-state index in [0.29, 0.717) is 5.56 Å². The van der Waals surface area contributed by atoms with Gasteiger partial charge in [0.25, 0.3) is 5.91 Å². The Morgan fingerprint density at radius 1 is 1.07 bits per heavy atom. The molecular formula is C28H33ClN4O10S2. The van der Waals surface area contributed by atoms with Crippen molar-refractivity contribution in [3.8, 4) is 5.75 Å². The fourth-order valence-corrected chi connectivity index (χ4v) is 11.9. The molecule has 6 rings (SSSR count). The zero-order valence-electron chi connectivity index (χ0n) is 25.0. The SMILES string of the molecule is CC1(C)NC(c2ccc(O)cc2)C(=O)N1[C@@H]1C(=O)N2[C@@H]1SC(C)(C)[C@]2(COC(=O)C1N2C(=O)C[C@@H]2S(=O)(=O)[C@@]1(C)CCl)C(=O)O. The third-order valence-corrected chi connectivity index (χ3v) is 15.1. The Morgan fingerprint density at radius 2 is 1.69 bits per heavy atom. The van der Waals surface area contributed by atoms with E-state index in [1.54, 1.807) is 39.8 Å². The largest absolute Gasteiger partial charge is 0.508 e. The third kappa shape index (κ3) is 3.91. The van der Waals surface area contributed by atoms with Gasteiger partial charge >= 0.3 is 11.9 Å². The standard InChI is InChI=1S/C28H33ClN4O10S2/c1-25(2)28(24(39)40,12-43-23(38)19-27(5,11-29)45(41,42)16-10-15(35)31(16)19)33-21(37)18(22(33)44-25)32-20(36)17(30-26(32,3)4)13-6-8-14(34)9-7-13/h6-9,16-19,22,30,34H,10-12H2,1-5H3,(H,39,40)/t16-,17?,18+,19?,22+,27-,28-/m0/s1. The lowest BCUT2D eigenvalue weighted by Crippen LogP contribution is -2.78. The van der Waals surface area contributed by atoms with E-state index in [1.807, 2.05) is 0 Å². The number of thioether (sulfide) groups is 1. The fourth-order valence-electron chi connectivity index (χ4n) is 7.34. The maximum Gasteiger partial charge on any atom is 0.334 e. The second-order valence-electron chi connectivity index (χ2n) is 13.2. The van der Waals surface area contributed by atoms with Crippen molar-refractivity contribution in [2.75, 3.05) is 12.5 Å². The molecule has 5 aliphatic heterocycles. The Labute approximate surface area is 268 Å². The zero-order chi connectivity index (χ0) is 33.2. The monoisotopic (exact) mass is 684 g/mol. The summed E-state index contributed by atoms with van der Waals surface area (Å²) in [7, 11) is -4.04. The number of sulfone groups is 1. The summed E-state index contributed by atoms with van der Waals surface area (Å²) in [5, 5.41) is 21.5. The molecule has 17 heteroatoms. The van der Waals surface area contributed by atoms with Gasteiger partial charge in [-0.2, -0.15) is 0 Å². The highest BCUT2D eigenvalue weighted by Gasteiger charge is 2.76. The van der Waals surface area contributed by atoms with Gasteiger partial charge in [0.05, 0.1) is 16.8 Å². The zero-order valence-corrected chi connectivity index (χ0v) is 27.4. The van der Waals surface area contributed by atoms with Crippen LogP contribution in [0, 0.1) is 0 Å². The second kappa shape index (κ2) is 9.72. The molecule has 14 nitrogen and oxygen atoms in total.